The molecule has 4 heteroatoms. The Balaban J connectivity index is 2.73. The first kappa shape index (κ1) is 11.9. The summed E-state index contributed by atoms with van der Waals surface area (Å²) in [6, 6.07) is 6.91. The molecule has 1 rings (SSSR count). The van der Waals surface area contributed by atoms with E-state index in [2.05, 4.69) is 0 Å². The minimum atomic E-state index is 0.391. The molecule has 0 spiro atoms. The van der Waals surface area contributed by atoms with Crippen LogP contribution >= 0.6 is 23.2 Å². The maximum absolute atomic E-state index is 8.66. The van der Waals surface area contributed by atoms with Gasteiger partial charge in [0, 0.05) is 11.6 Å². The third kappa shape index (κ3) is 3.47. The standard InChI is InChI=1S/C11H9Cl2NO/c1-8(5-12)7-15-10-3-2-9(6-14)11(13)4-10/h2-5H,7H2,1H3/b8-5-. The Morgan fingerprint density at radius 1 is 1.60 bits per heavy atom. The fraction of sp³-hybridized carbons (Fsp3) is 0.182. The Morgan fingerprint density at radius 2 is 2.33 bits per heavy atom. The summed E-state index contributed by atoms with van der Waals surface area (Å²) in [5, 5.41) is 9.05. The summed E-state index contributed by atoms with van der Waals surface area (Å²) in [4.78, 5) is 0. The van der Waals surface area contributed by atoms with E-state index in [4.69, 9.17) is 33.2 Å². The molecule has 1 aromatic rings. The maximum atomic E-state index is 8.66. The van der Waals surface area contributed by atoms with Crippen molar-refractivity contribution in [3.63, 3.8) is 0 Å². The Kier molecular flexibility index (Phi) is 4.48. The van der Waals surface area contributed by atoms with E-state index in [0.29, 0.717) is 22.9 Å². The van der Waals surface area contributed by atoms with Crippen LogP contribution in [-0.2, 0) is 0 Å². The molecule has 0 bridgehead atoms. The third-order valence-corrected chi connectivity index (χ3v) is 2.40. The molecule has 15 heavy (non-hydrogen) atoms. The fourth-order valence-corrected chi connectivity index (χ4v) is 1.18. The number of nitrogens with zero attached hydrogens (tertiary/aromatic N) is 1. The van der Waals surface area contributed by atoms with Crippen molar-refractivity contribution in [2.24, 2.45) is 0 Å². The summed E-state index contributed by atoms with van der Waals surface area (Å²) in [5.74, 6) is 0.622. The highest BCUT2D eigenvalue weighted by Crippen LogP contribution is 2.22. The topological polar surface area (TPSA) is 33.0 Å². The minimum absolute atomic E-state index is 0.391. The average Bonchev–Trinajstić information content (AvgIpc) is 2.26. The summed E-state index contributed by atoms with van der Waals surface area (Å²) in [6.07, 6.45) is 0. The fourth-order valence-electron chi connectivity index (χ4n) is 0.905. The van der Waals surface area contributed by atoms with Gasteiger partial charge >= 0.3 is 0 Å². The van der Waals surface area contributed by atoms with Gasteiger partial charge in [0.15, 0.2) is 0 Å². The van der Waals surface area contributed by atoms with Crippen LogP contribution in [0.25, 0.3) is 0 Å². The Hall–Kier alpha value is -1.17. The molecule has 2 nitrogen and oxygen atoms in total. The molecule has 0 fully saturated rings. The van der Waals surface area contributed by atoms with E-state index in [1.165, 1.54) is 5.54 Å². The van der Waals surface area contributed by atoms with E-state index in [1.54, 1.807) is 18.2 Å². The molecule has 0 heterocycles. The maximum Gasteiger partial charge on any atom is 0.121 e. The van der Waals surface area contributed by atoms with Crippen LogP contribution < -0.4 is 4.74 Å². The van der Waals surface area contributed by atoms with E-state index < -0.39 is 0 Å². The van der Waals surface area contributed by atoms with E-state index in [-0.39, 0.29) is 0 Å². The third-order valence-electron chi connectivity index (χ3n) is 1.71. The molecule has 0 atom stereocenters. The van der Waals surface area contributed by atoms with Gasteiger partial charge in [-0.2, -0.15) is 5.26 Å². The van der Waals surface area contributed by atoms with Gasteiger partial charge < -0.3 is 4.74 Å². The molecule has 0 aliphatic carbocycles. The molecule has 1 aromatic carbocycles. The number of rotatable bonds is 3. The van der Waals surface area contributed by atoms with Gasteiger partial charge in [-0.25, -0.2) is 0 Å². The summed E-state index contributed by atoms with van der Waals surface area (Å²) in [7, 11) is 0. The molecule has 0 amide bonds. The second-order valence-corrected chi connectivity index (χ2v) is 3.62. The van der Waals surface area contributed by atoms with E-state index in [9.17, 15) is 0 Å². The van der Waals surface area contributed by atoms with Crippen LogP contribution in [0.1, 0.15) is 12.5 Å². The van der Waals surface area contributed by atoms with Gasteiger partial charge in [0.25, 0.3) is 0 Å². The predicted molar refractivity (Wildman–Crippen MR) is 61.3 cm³/mol. The highest BCUT2D eigenvalue weighted by Gasteiger charge is 2.01. The van der Waals surface area contributed by atoms with Gasteiger partial charge in [-0.3, -0.25) is 0 Å². The monoisotopic (exact) mass is 241 g/mol. The van der Waals surface area contributed by atoms with E-state index in [0.717, 1.165) is 5.57 Å². The zero-order valence-electron chi connectivity index (χ0n) is 8.13. The molecule has 0 aliphatic heterocycles. The first-order chi connectivity index (χ1) is 7.17. The second kappa shape index (κ2) is 5.65. The normalized spacial score (nSPS) is 10.9. The summed E-state index contributed by atoms with van der Waals surface area (Å²) in [5.41, 5.74) is 2.82. The zero-order valence-corrected chi connectivity index (χ0v) is 9.64. The lowest BCUT2D eigenvalue weighted by atomic mass is 10.2. The Labute approximate surface area is 98.7 Å². The van der Waals surface area contributed by atoms with Crippen molar-refractivity contribution >= 4 is 23.2 Å². The highest BCUT2D eigenvalue weighted by atomic mass is 35.5. The number of benzene rings is 1. The molecule has 78 valence electrons. The molecule has 0 saturated carbocycles. The van der Waals surface area contributed by atoms with Crippen LogP contribution in [0.5, 0.6) is 5.75 Å². The van der Waals surface area contributed by atoms with E-state index in [1.807, 2.05) is 13.0 Å². The van der Waals surface area contributed by atoms with Gasteiger partial charge in [-0.1, -0.05) is 23.2 Å². The van der Waals surface area contributed by atoms with Crippen LogP contribution in [0.2, 0.25) is 5.02 Å². The predicted octanol–water partition coefficient (Wildman–Crippen LogP) is 3.73. The van der Waals surface area contributed by atoms with Crippen molar-refractivity contribution in [3.05, 3.63) is 39.9 Å². The van der Waals surface area contributed by atoms with Gasteiger partial charge in [-0.05, 0) is 24.6 Å². The summed E-state index contributed by atoms with van der Waals surface area (Å²) < 4.78 is 5.39. The zero-order chi connectivity index (χ0) is 11.3. The highest BCUT2D eigenvalue weighted by molar-refractivity contribution is 6.31. The minimum Gasteiger partial charge on any atom is -0.489 e. The summed E-state index contributed by atoms with van der Waals surface area (Å²) in [6.45, 7) is 2.27. The molecule has 0 radical (unpaired) electrons. The van der Waals surface area contributed by atoms with Crippen molar-refractivity contribution in [1.29, 1.82) is 5.26 Å². The molecule has 0 saturated heterocycles. The lowest BCUT2D eigenvalue weighted by Gasteiger charge is -2.06. The lowest BCUT2D eigenvalue weighted by Crippen LogP contribution is -1.98. The van der Waals surface area contributed by atoms with Crippen molar-refractivity contribution in [3.8, 4) is 11.8 Å². The van der Waals surface area contributed by atoms with Gasteiger partial charge in [0.05, 0.1) is 10.6 Å². The molecule has 0 unspecified atom stereocenters. The number of hydrogen-bond acceptors (Lipinski definition) is 2. The smallest absolute Gasteiger partial charge is 0.121 e. The lowest BCUT2D eigenvalue weighted by molar-refractivity contribution is 0.352. The number of hydrogen-bond donors (Lipinski definition) is 0. The van der Waals surface area contributed by atoms with Crippen LogP contribution in [-0.4, -0.2) is 6.61 Å². The van der Waals surface area contributed by atoms with Crippen molar-refractivity contribution in [2.45, 2.75) is 6.92 Å². The quantitative estimate of drug-likeness (QED) is 0.808. The molecule has 0 aliphatic rings. The molecule has 0 N–H and O–H groups in total. The van der Waals surface area contributed by atoms with Gasteiger partial charge in [0.2, 0.25) is 0 Å². The number of ether oxygens (including phenoxy) is 1. The van der Waals surface area contributed by atoms with Crippen molar-refractivity contribution in [2.75, 3.05) is 6.61 Å². The Bertz CT molecular complexity index is 421. The van der Waals surface area contributed by atoms with Gasteiger partial charge in [-0.15, -0.1) is 0 Å². The molecular formula is C11H9Cl2NO. The second-order valence-electron chi connectivity index (χ2n) is 3.00. The Morgan fingerprint density at radius 3 is 2.87 bits per heavy atom. The van der Waals surface area contributed by atoms with Crippen molar-refractivity contribution < 1.29 is 4.74 Å². The summed E-state index contributed by atoms with van der Waals surface area (Å²) >= 11 is 11.3. The first-order valence-corrected chi connectivity index (χ1v) is 5.07. The largest absolute Gasteiger partial charge is 0.489 e. The van der Waals surface area contributed by atoms with Crippen LogP contribution in [0.3, 0.4) is 0 Å². The molecular weight excluding hydrogens is 233 g/mol. The number of nitriles is 1. The first-order valence-electron chi connectivity index (χ1n) is 4.25. The van der Waals surface area contributed by atoms with Crippen LogP contribution in [0, 0.1) is 11.3 Å². The van der Waals surface area contributed by atoms with Crippen molar-refractivity contribution in [1.82, 2.24) is 0 Å². The average molecular weight is 242 g/mol. The molecule has 0 aromatic heterocycles. The van der Waals surface area contributed by atoms with Gasteiger partial charge in [0.1, 0.15) is 18.4 Å². The van der Waals surface area contributed by atoms with E-state index >= 15 is 0 Å². The van der Waals surface area contributed by atoms with Crippen LogP contribution in [0.15, 0.2) is 29.3 Å². The number of halogens is 2. The van der Waals surface area contributed by atoms with Crippen LogP contribution in [0.4, 0.5) is 0 Å². The SMILES string of the molecule is C/C(=C/Cl)COc1ccc(C#N)c(Cl)c1.